The van der Waals surface area contributed by atoms with Crippen molar-refractivity contribution in [1.29, 1.82) is 0 Å². The summed E-state index contributed by atoms with van der Waals surface area (Å²) in [5.74, 6) is 0.295. The second-order valence-corrected chi connectivity index (χ2v) is 8.36. The van der Waals surface area contributed by atoms with Gasteiger partial charge in [-0.2, -0.15) is 0 Å². The van der Waals surface area contributed by atoms with E-state index in [-0.39, 0.29) is 5.97 Å². The average molecular weight is 417 g/mol. The molecule has 5 aromatic carbocycles. The second-order valence-electron chi connectivity index (χ2n) is 8.36. The van der Waals surface area contributed by atoms with Gasteiger partial charge in [0.05, 0.1) is 5.56 Å². The molecule has 0 saturated heterocycles. The summed E-state index contributed by atoms with van der Waals surface area (Å²) >= 11 is 0. The van der Waals surface area contributed by atoms with E-state index in [1.807, 2.05) is 42.5 Å². The number of ether oxygens (including phenoxy) is 1. The summed E-state index contributed by atoms with van der Waals surface area (Å²) in [4.78, 5) is 13.4. The molecule has 0 amide bonds. The molecule has 0 atom stereocenters. The molecular weight excluding hydrogens is 392 g/mol. The van der Waals surface area contributed by atoms with Crippen LogP contribution in [0.1, 0.15) is 32.6 Å². The van der Waals surface area contributed by atoms with E-state index in [0.29, 0.717) is 17.7 Å². The van der Waals surface area contributed by atoms with Crippen LogP contribution in [-0.4, -0.2) is 5.97 Å². The van der Waals surface area contributed by atoms with E-state index in [2.05, 4.69) is 68.4 Å². The van der Waals surface area contributed by atoms with Crippen molar-refractivity contribution >= 4 is 27.5 Å². The summed E-state index contributed by atoms with van der Waals surface area (Å²) < 4.78 is 6.14. The molecule has 0 spiro atoms. The van der Waals surface area contributed by atoms with Gasteiger partial charge in [-0.1, -0.05) is 90.0 Å². The molecule has 32 heavy (non-hydrogen) atoms. The van der Waals surface area contributed by atoms with Gasteiger partial charge in [0.2, 0.25) is 0 Å². The summed E-state index contributed by atoms with van der Waals surface area (Å²) in [6.07, 6.45) is 0.681. The number of hydrogen-bond acceptors (Lipinski definition) is 2. The number of carbonyl (C=O) groups is 1. The van der Waals surface area contributed by atoms with E-state index < -0.39 is 0 Å². The van der Waals surface area contributed by atoms with E-state index in [0.717, 1.165) is 32.7 Å². The molecule has 5 aromatic rings. The minimum Gasteiger partial charge on any atom is -0.422 e. The molecule has 0 aliphatic rings. The molecule has 2 nitrogen and oxygen atoms in total. The van der Waals surface area contributed by atoms with E-state index in [1.54, 1.807) is 0 Å². The molecule has 0 heterocycles. The Morgan fingerprint density at radius 2 is 1.38 bits per heavy atom. The molecule has 0 N–H and O–H groups in total. The van der Waals surface area contributed by atoms with Crippen molar-refractivity contribution in [3.63, 3.8) is 0 Å². The Morgan fingerprint density at radius 1 is 0.688 bits per heavy atom. The van der Waals surface area contributed by atoms with Crippen LogP contribution in [0.15, 0.2) is 97.1 Å². The van der Waals surface area contributed by atoms with E-state index in [1.165, 1.54) is 11.1 Å². The van der Waals surface area contributed by atoms with Crippen molar-refractivity contribution < 1.29 is 9.53 Å². The zero-order chi connectivity index (χ0) is 22.1. The fraction of sp³-hybridized carbons (Fsp3) is 0.100. The van der Waals surface area contributed by atoms with Crippen LogP contribution in [0.3, 0.4) is 0 Å². The standard InChI is InChI=1S/C30H24O2/c1-20-11-14-22(15-12-20)18-23-7-4-6-10-27(23)30(31)32-29-26-9-5-3-8-24(26)19-25-16-13-21(2)17-28(25)29/h3-17,19H,18H2,1-2H3. The minimum atomic E-state index is -0.327. The van der Waals surface area contributed by atoms with Gasteiger partial charge in [-0.05, 0) is 60.4 Å². The first-order valence-corrected chi connectivity index (χ1v) is 10.9. The van der Waals surface area contributed by atoms with E-state index in [4.69, 9.17) is 4.74 Å². The molecule has 5 rings (SSSR count). The van der Waals surface area contributed by atoms with Gasteiger partial charge in [-0.25, -0.2) is 4.79 Å². The number of benzene rings is 5. The first-order chi connectivity index (χ1) is 15.6. The van der Waals surface area contributed by atoms with Crippen LogP contribution in [0, 0.1) is 13.8 Å². The van der Waals surface area contributed by atoms with Crippen molar-refractivity contribution in [1.82, 2.24) is 0 Å². The number of fused-ring (bicyclic) bond motifs is 2. The van der Waals surface area contributed by atoms with Gasteiger partial charge in [0.1, 0.15) is 5.75 Å². The molecule has 156 valence electrons. The van der Waals surface area contributed by atoms with Crippen molar-refractivity contribution in [2.75, 3.05) is 0 Å². The fourth-order valence-electron chi connectivity index (χ4n) is 4.19. The Labute approximate surface area is 188 Å². The smallest absolute Gasteiger partial charge is 0.343 e. The van der Waals surface area contributed by atoms with Gasteiger partial charge >= 0.3 is 5.97 Å². The number of carbonyl (C=O) groups excluding carboxylic acids is 1. The third-order valence-corrected chi connectivity index (χ3v) is 5.92. The molecule has 0 aliphatic carbocycles. The molecule has 0 bridgehead atoms. The highest BCUT2D eigenvalue weighted by Gasteiger charge is 2.17. The summed E-state index contributed by atoms with van der Waals surface area (Å²) in [6, 6.07) is 32.6. The highest BCUT2D eigenvalue weighted by molar-refractivity contribution is 6.08. The molecule has 0 aromatic heterocycles. The van der Waals surface area contributed by atoms with Gasteiger partial charge in [0.25, 0.3) is 0 Å². The van der Waals surface area contributed by atoms with Crippen LogP contribution in [0.5, 0.6) is 5.75 Å². The highest BCUT2D eigenvalue weighted by Crippen LogP contribution is 2.36. The van der Waals surface area contributed by atoms with Crippen molar-refractivity contribution in [3.8, 4) is 5.75 Å². The molecule has 0 saturated carbocycles. The summed E-state index contributed by atoms with van der Waals surface area (Å²) in [6.45, 7) is 4.13. The summed E-state index contributed by atoms with van der Waals surface area (Å²) in [7, 11) is 0. The van der Waals surface area contributed by atoms with Gasteiger partial charge in [-0.3, -0.25) is 0 Å². The molecule has 0 aliphatic heterocycles. The lowest BCUT2D eigenvalue weighted by Gasteiger charge is -2.14. The minimum absolute atomic E-state index is 0.327. The number of hydrogen-bond donors (Lipinski definition) is 0. The van der Waals surface area contributed by atoms with E-state index in [9.17, 15) is 4.79 Å². The van der Waals surface area contributed by atoms with Gasteiger partial charge in [0, 0.05) is 10.8 Å². The molecule has 0 unspecified atom stereocenters. The quantitative estimate of drug-likeness (QED) is 0.173. The fourth-order valence-corrected chi connectivity index (χ4v) is 4.19. The van der Waals surface area contributed by atoms with Crippen molar-refractivity contribution in [3.05, 3.63) is 125 Å². The largest absolute Gasteiger partial charge is 0.422 e. The first kappa shape index (κ1) is 20.0. The Bertz CT molecular complexity index is 1450. The maximum absolute atomic E-state index is 13.4. The third-order valence-electron chi connectivity index (χ3n) is 5.92. The lowest BCUT2D eigenvalue weighted by atomic mass is 9.98. The number of rotatable bonds is 4. The van der Waals surface area contributed by atoms with Crippen LogP contribution in [0.2, 0.25) is 0 Å². The van der Waals surface area contributed by atoms with Crippen molar-refractivity contribution in [2.45, 2.75) is 20.3 Å². The SMILES string of the molecule is Cc1ccc(Cc2ccccc2C(=O)Oc2c3ccccc3cc3ccc(C)cc23)cc1. The lowest BCUT2D eigenvalue weighted by molar-refractivity contribution is 0.0738. The number of aryl methyl sites for hydroxylation is 2. The average Bonchev–Trinajstić information content (AvgIpc) is 2.81. The predicted octanol–water partition coefficient (Wildman–Crippen LogP) is 7.42. The van der Waals surface area contributed by atoms with Gasteiger partial charge in [0.15, 0.2) is 0 Å². The zero-order valence-electron chi connectivity index (χ0n) is 18.3. The van der Waals surface area contributed by atoms with Crippen molar-refractivity contribution in [2.24, 2.45) is 0 Å². The van der Waals surface area contributed by atoms with Crippen LogP contribution in [-0.2, 0) is 6.42 Å². The first-order valence-electron chi connectivity index (χ1n) is 10.9. The summed E-state index contributed by atoms with van der Waals surface area (Å²) in [5, 5.41) is 4.01. The second kappa shape index (κ2) is 8.32. The highest BCUT2D eigenvalue weighted by atomic mass is 16.5. The van der Waals surface area contributed by atoms with Crippen LogP contribution in [0.4, 0.5) is 0 Å². The maximum Gasteiger partial charge on any atom is 0.343 e. The molecule has 2 heteroatoms. The molecule has 0 fully saturated rings. The maximum atomic E-state index is 13.4. The Morgan fingerprint density at radius 3 is 2.22 bits per heavy atom. The molecule has 0 radical (unpaired) electrons. The molecular formula is C30H24O2. The lowest BCUT2D eigenvalue weighted by Crippen LogP contribution is -2.12. The Hall–Kier alpha value is -3.91. The normalized spacial score (nSPS) is 11.1. The Balaban J connectivity index is 1.57. The van der Waals surface area contributed by atoms with Crippen LogP contribution in [0.25, 0.3) is 21.5 Å². The Kier molecular flexibility index (Phi) is 5.20. The van der Waals surface area contributed by atoms with E-state index >= 15 is 0 Å². The van der Waals surface area contributed by atoms with Crippen LogP contribution >= 0.6 is 0 Å². The number of esters is 1. The monoisotopic (exact) mass is 416 g/mol. The van der Waals surface area contributed by atoms with Gasteiger partial charge in [-0.15, -0.1) is 0 Å². The predicted molar refractivity (Wildman–Crippen MR) is 132 cm³/mol. The third kappa shape index (κ3) is 3.88. The topological polar surface area (TPSA) is 26.3 Å². The summed E-state index contributed by atoms with van der Waals surface area (Å²) in [5.41, 5.74) is 5.08. The van der Waals surface area contributed by atoms with Crippen LogP contribution < -0.4 is 4.74 Å². The zero-order valence-corrected chi connectivity index (χ0v) is 18.3. The van der Waals surface area contributed by atoms with Gasteiger partial charge < -0.3 is 4.74 Å².